The van der Waals surface area contributed by atoms with Crippen molar-refractivity contribution in [2.75, 3.05) is 13.3 Å². The second-order valence-electron chi connectivity index (χ2n) is 1.34. The van der Waals surface area contributed by atoms with Crippen LogP contribution < -0.4 is 0 Å². The third-order valence-corrected chi connectivity index (χ3v) is 1.75. The molecule has 0 aliphatic heterocycles. The van der Waals surface area contributed by atoms with Crippen LogP contribution in [-0.4, -0.2) is 32.9 Å². The van der Waals surface area contributed by atoms with E-state index in [9.17, 15) is 8.42 Å². The monoisotopic (exact) mass is 136 g/mol. The summed E-state index contributed by atoms with van der Waals surface area (Å²) in [5, 5.41) is 3.16. The lowest BCUT2D eigenvalue weighted by molar-refractivity contribution is 0.498. The smallest absolute Gasteiger partial charge is 0.205 e. The summed E-state index contributed by atoms with van der Waals surface area (Å²) in [5.41, 5.74) is 0. The molecular formula is C3H8N2O2S. The molecule has 0 aromatic heterocycles. The average molecular weight is 136 g/mol. The minimum Gasteiger partial charge on any atom is -0.205 e. The molecule has 0 aliphatic rings. The molecule has 0 spiro atoms. The topological polar surface area (TPSA) is 49.7 Å². The Bertz CT molecular complexity index is 172. The summed E-state index contributed by atoms with van der Waals surface area (Å²) in [5.74, 6) is 0. The van der Waals surface area contributed by atoms with Crippen molar-refractivity contribution in [3.8, 4) is 0 Å². The summed E-state index contributed by atoms with van der Waals surface area (Å²) in [7, 11) is -1.83. The Balaban J connectivity index is 4.26. The van der Waals surface area contributed by atoms with Gasteiger partial charge in [0, 0.05) is 13.8 Å². The first-order chi connectivity index (χ1) is 3.48. The van der Waals surface area contributed by atoms with Crippen molar-refractivity contribution in [3.05, 3.63) is 0 Å². The molecule has 0 saturated heterocycles. The highest BCUT2D eigenvalue weighted by Gasteiger charge is 2.03. The van der Waals surface area contributed by atoms with Crippen LogP contribution >= 0.6 is 0 Å². The molecule has 5 heteroatoms. The molecule has 0 amide bonds. The maximum absolute atomic E-state index is 10.4. The second kappa shape index (κ2) is 2.13. The van der Waals surface area contributed by atoms with Crippen LogP contribution in [0.15, 0.2) is 5.10 Å². The van der Waals surface area contributed by atoms with Crippen molar-refractivity contribution in [1.29, 1.82) is 0 Å². The fourth-order valence-electron chi connectivity index (χ4n) is 0.105. The van der Waals surface area contributed by atoms with Crippen LogP contribution in [-0.2, 0) is 10.0 Å². The largest absolute Gasteiger partial charge is 0.246 e. The van der Waals surface area contributed by atoms with Gasteiger partial charge in [-0.3, -0.25) is 0 Å². The molecule has 0 saturated carbocycles. The minimum atomic E-state index is -3.15. The Morgan fingerprint density at radius 2 is 2.00 bits per heavy atom. The van der Waals surface area contributed by atoms with Gasteiger partial charge >= 0.3 is 0 Å². The first kappa shape index (κ1) is 7.42. The van der Waals surface area contributed by atoms with E-state index in [1.807, 2.05) is 0 Å². The zero-order valence-corrected chi connectivity index (χ0v) is 5.64. The number of sulfonamides is 1. The van der Waals surface area contributed by atoms with Crippen LogP contribution in [0.2, 0.25) is 0 Å². The number of nitrogens with zero attached hydrogens (tertiary/aromatic N) is 2. The van der Waals surface area contributed by atoms with E-state index in [2.05, 4.69) is 11.8 Å². The van der Waals surface area contributed by atoms with Gasteiger partial charge in [0.2, 0.25) is 10.0 Å². The summed E-state index contributed by atoms with van der Waals surface area (Å²) in [4.78, 5) is 0. The van der Waals surface area contributed by atoms with Crippen molar-refractivity contribution < 1.29 is 8.42 Å². The first-order valence-corrected chi connectivity index (χ1v) is 3.74. The molecule has 0 aromatic carbocycles. The second-order valence-corrected chi connectivity index (χ2v) is 3.33. The zero-order valence-electron chi connectivity index (χ0n) is 4.83. The van der Waals surface area contributed by atoms with Crippen molar-refractivity contribution in [1.82, 2.24) is 4.41 Å². The van der Waals surface area contributed by atoms with E-state index in [0.29, 0.717) is 0 Å². The van der Waals surface area contributed by atoms with Gasteiger partial charge in [-0.15, -0.1) is 0 Å². The van der Waals surface area contributed by atoms with Crippen LogP contribution in [0.25, 0.3) is 0 Å². The van der Waals surface area contributed by atoms with Crippen molar-refractivity contribution >= 4 is 16.7 Å². The Morgan fingerprint density at radius 1 is 1.62 bits per heavy atom. The number of rotatable bonds is 2. The SMILES string of the molecule is C=NN(C)S(C)(=O)=O. The van der Waals surface area contributed by atoms with Crippen LogP contribution in [0, 0.1) is 0 Å². The Hall–Kier alpha value is -0.580. The third kappa shape index (κ3) is 1.92. The van der Waals surface area contributed by atoms with E-state index < -0.39 is 10.0 Å². The van der Waals surface area contributed by atoms with Gasteiger partial charge in [-0.1, -0.05) is 0 Å². The fraction of sp³-hybridized carbons (Fsp3) is 0.667. The van der Waals surface area contributed by atoms with Crippen LogP contribution in [0.5, 0.6) is 0 Å². The van der Waals surface area contributed by atoms with Crippen molar-refractivity contribution in [3.63, 3.8) is 0 Å². The van der Waals surface area contributed by atoms with Gasteiger partial charge < -0.3 is 0 Å². The molecular weight excluding hydrogens is 128 g/mol. The molecule has 0 N–H and O–H groups in total. The first-order valence-electron chi connectivity index (χ1n) is 1.89. The van der Waals surface area contributed by atoms with E-state index in [1.165, 1.54) is 7.05 Å². The lowest BCUT2D eigenvalue weighted by Gasteiger charge is -2.06. The van der Waals surface area contributed by atoms with E-state index in [0.717, 1.165) is 10.7 Å². The van der Waals surface area contributed by atoms with Crippen molar-refractivity contribution in [2.24, 2.45) is 5.10 Å². The molecule has 0 rings (SSSR count). The molecule has 0 unspecified atom stereocenters. The van der Waals surface area contributed by atoms with E-state index in [4.69, 9.17) is 0 Å². The highest BCUT2D eigenvalue weighted by Crippen LogP contribution is 1.89. The van der Waals surface area contributed by atoms with Gasteiger partial charge in [-0.25, -0.2) is 8.42 Å². The van der Waals surface area contributed by atoms with E-state index in [-0.39, 0.29) is 0 Å². The standard InChI is InChI=1S/C3H8N2O2S/c1-4-5(2)8(3,6)7/h1H2,2-3H3. The summed E-state index contributed by atoms with van der Waals surface area (Å²) in [6.07, 6.45) is 1.06. The van der Waals surface area contributed by atoms with Crippen LogP contribution in [0.4, 0.5) is 0 Å². The van der Waals surface area contributed by atoms with Crippen LogP contribution in [0.1, 0.15) is 0 Å². The van der Waals surface area contributed by atoms with Crippen LogP contribution in [0.3, 0.4) is 0 Å². The number of hydrogen-bond donors (Lipinski definition) is 0. The predicted octanol–water partition coefficient (Wildman–Crippen LogP) is -0.507. The maximum Gasteiger partial charge on any atom is 0.246 e. The zero-order chi connectivity index (χ0) is 6.78. The lowest BCUT2D eigenvalue weighted by atomic mass is 11.5. The highest BCUT2D eigenvalue weighted by molar-refractivity contribution is 7.88. The van der Waals surface area contributed by atoms with Gasteiger partial charge in [0.05, 0.1) is 6.26 Å². The van der Waals surface area contributed by atoms with Gasteiger partial charge in [-0.05, 0) is 0 Å². The summed E-state index contributed by atoms with van der Waals surface area (Å²) < 4.78 is 21.5. The predicted molar refractivity (Wildman–Crippen MR) is 32.2 cm³/mol. The lowest BCUT2D eigenvalue weighted by Crippen LogP contribution is -2.18. The quantitative estimate of drug-likeness (QED) is 0.379. The van der Waals surface area contributed by atoms with Crippen molar-refractivity contribution in [2.45, 2.75) is 0 Å². The average Bonchev–Trinajstić information content (AvgIpc) is 1.62. The van der Waals surface area contributed by atoms with E-state index >= 15 is 0 Å². The molecule has 0 atom stereocenters. The Kier molecular flexibility index (Phi) is 1.97. The number of hydrazone groups is 1. The summed E-state index contributed by atoms with van der Waals surface area (Å²) >= 11 is 0. The van der Waals surface area contributed by atoms with Gasteiger partial charge in [-0.2, -0.15) is 9.52 Å². The van der Waals surface area contributed by atoms with E-state index in [1.54, 1.807) is 0 Å². The molecule has 0 fully saturated rings. The molecule has 0 aromatic rings. The normalized spacial score (nSPS) is 10.8. The van der Waals surface area contributed by atoms with Gasteiger partial charge in [0.1, 0.15) is 0 Å². The molecule has 8 heavy (non-hydrogen) atoms. The molecule has 0 aliphatic carbocycles. The minimum absolute atomic E-state index is 0.799. The molecule has 0 heterocycles. The summed E-state index contributed by atoms with van der Waals surface area (Å²) in [6, 6.07) is 0. The maximum atomic E-state index is 10.4. The Labute approximate surface area is 48.9 Å². The van der Waals surface area contributed by atoms with Gasteiger partial charge in [0.25, 0.3) is 0 Å². The number of hydrogen-bond acceptors (Lipinski definition) is 3. The fourth-order valence-corrected chi connectivity index (χ4v) is 0.315. The molecule has 48 valence electrons. The molecule has 0 radical (unpaired) electrons. The van der Waals surface area contributed by atoms with Gasteiger partial charge in [0.15, 0.2) is 0 Å². The molecule has 4 nitrogen and oxygen atoms in total. The third-order valence-electron chi connectivity index (χ3n) is 0.679. The highest BCUT2D eigenvalue weighted by atomic mass is 32.2. The molecule has 0 bridgehead atoms. The summed E-state index contributed by atoms with van der Waals surface area (Å²) in [6.45, 7) is 3.02. The Morgan fingerprint density at radius 3 is 2.00 bits per heavy atom.